The number of benzene rings is 1. The van der Waals surface area contributed by atoms with Gasteiger partial charge in [0.2, 0.25) is 5.91 Å². The molecular formula is C20H32N4O5S. The van der Waals surface area contributed by atoms with Crippen LogP contribution < -0.4 is 9.47 Å². The third-order valence-corrected chi connectivity index (χ3v) is 7.82. The number of carbonyl (C=O) groups excluding carboxylic acids is 1. The maximum atomic E-state index is 12.9. The van der Waals surface area contributed by atoms with E-state index in [0.717, 1.165) is 18.7 Å². The number of amides is 1. The van der Waals surface area contributed by atoms with Gasteiger partial charge in [-0.3, -0.25) is 4.79 Å². The number of rotatable bonds is 7. The molecular weight excluding hydrogens is 408 g/mol. The van der Waals surface area contributed by atoms with E-state index < -0.39 is 10.2 Å². The quantitative estimate of drug-likeness (QED) is 0.606. The molecule has 30 heavy (non-hydrogen) atoms. The number of hydrogen-bond donors (Lipinski definition) is 0. The zero-order valence-electron chi connectivity index (χ0n) is 18.0. The van der Waals surface area contributed by atoms with E-state index in [0.29, 0.717) is 63.6 Å². The fourth-order valence-corrected chi connectivity index (χ4v) is 5.37. The lowest BCUT2D eigenvalue weighted by atomic mass is 10.1. The molecule has 9 nitrogen and oxygen atoms in total. The Labute approximate surface area is 179 Å². The predicted octanol–water partition coefficient (Wildman–Crippen LogP) is 0.273. The van der Waals surface area contributed by atoms with Crippen LogP contribution in [0, 0.1) is 0 Å². The van der Waals surface area contributed by atoms with Gasteiger partial charge in [0.25, 0.3) is 10.2 Å². The molecule has 0 radical (unpaired) electrons. The van der Waals surface area contributed by atoms with E-state index in [-0.39, 0.29) is 5.91 Å². The Hall–Kier alpha value is -1.88. The third-order valence-electron chi connectivity index (χ3n) is 5.78. The lowest BCUT2D eigenvalue weighted by Gasteiger charge is -2.39. The van der Waals surface area contributed by atoms with Crippen LogP contribution in [0.5, 0.6) is 11.5 Å². The second-order valence-electron chi connectivity index (χ2n) is 7.68. The van der Waals surface area contributed by atoms with Gasteiger partial charge < -0.3 is 19.3 Å². The van der Waals surface area contributed by atoms with Gasteiger partial charge in [0.05, 0.1) is 14.2 Å². The summed E-state index contributed by atoms with van der Waals surface area (Å²) >= 11 is 0. The maximum absolute atomic E-state index is 12.9. The maximum Gasteiger partial charge on any atom is 0.282 e. The Balaban J connectivity index is 1.49. The van der Waals surface area contributed by atoms with Crippen molar-refractivity contribution in [1.29, 1.82) is 0 Å². The van der Waals surface area contributed by atoms with Gasteiger partial charge in [-0.1, -0.05) is 6.07 Å². The summed E-state index contributed by atoms with van der Waals surface area (Å²) in [5.74, 6) is 1.34. The standard InChI is InChI=1S/C20H32N4O5S/c1-21-8-12-23(13-9-21)30(26,27)24-14-10-22(11-15-24)20(25)7-5-17-4-6-18(28-2)19(16-17)29-3/h4,6,16H,5,7-15H2,1-3H3. The molecule has 2 fully saturated rings. The molecule has 0 N–H and O–H groups in total. The lowest BCUT2D eigenvalue weighted by Crippen LogP contribution is -2.57. The van der Waals surface area contributed by atoms with Gasteiger partial charge in [-0.25, -0.2) is 0 Å². The lowest BCUT2D eigenvalue weighted by molar-refractivity contribution is -0.132. The first-order valence-electron chi connectivity index (χ1n) is 10.3. The Morgan fingerprint density at radius 2 is 1.47 bits per heavy atom. The van der Waals surface area contributed by atoms with Crippen molar-refractivity contribution in [1.82, 2.24) is 18.4 Å². The van der Waals surface area contributed by atoms with Crippen molar-refractivity contribution in [2.24, 2.45) is 0 Å². The molecule has 10 heteroatoms. The topological polar surface area (TPSA) is 82.6 Å². The van der Waals surface area contributed by atoms with Gasteiger partial charge in [-0.15, -0.1) is 0 Å². The van der Waals surface area contributed by atoms with E-state index in [1.807, 2.05) is 25.2 Å². The summed E-state index contributed by atoms with van der Waals surface area (Å²) in [7, 11) is 1.72. The molecule has 1 aromatic carbocycles. The molecule has 1 amide bonds. The summed E-state index contributed by atoms with van der Waals surface area (Å²) in [5, 5.41) is 0. The highest BCUT2D eigenvalue weighted by Crippen LogP contribution is 2.28. The number of ether oxygens (including phenoxy) is 2. The molecule has 1 aromatic rings. The van der Waals surface area contributed by atoms with Crippen molar-refractivity contribution in [3.63, 3.8) is 0 Å². The van der Waals surface area contributed by atoms with E-state index in [1.165, 1.54) is 4.31 Å². The summed E-state index contributed by atoms with van der Waals surface area (Å²) in [6.45, 7) is 4.07. The minimum Gasteiger partial charge on any atom is -0.493 e. The predicted molar refractivity (Wildman–Crippen MR) is 114 cm³/mol. The van der Waals surface area contributed by atoms with Crippen LogP contribution in [0.1, 0.15) is 12.0 Å². The highest BCUT2D eigenvalue weighted by molar-refractivity contribution is 7.86. The fourth-order valence-electron chi connectivity index (χ4n) is 3.80. The van der Waals surface area contributed by atoms with Crippen molar-refractivity contribution in [2.75, 3.05) is 73.6 Å². The van der Waals surface area contributed by atoms with Crippen LogP contribution in [0.3, 0.4) is 0 Å². The molecule has 2 aliphatic heterocycles. The zero-order chi connectivity index (χ0) is 21.7. The SMILES string of the molecule is COc1ccc(CCC(=O)N2CCN(S(=O)(=O)N3CCN(C)CC3)CC2)cc1OC. The monoisotopic (exact) mass is 440 g/mol. The van der Waals surface area contributed by atoms with Gasteiger partial charge in [0.15, 0.2) is 11.5 Å². The Morgan fingerprint density at radius 1 is 0.900 bits per heavy atom. The summed E-state index contributed by atoms with van der Waals surface area (Å²) in [6.07, 6.45) is 0.972. The Bertz CT molecular complexity index is 832. The number of nitrogens with zero attached hydrogens (tertiary/aromatic N) is 4. The second kappa shape index (κ2) is 9.95. The highest BCUT2D eigenvalue weighted by Gasteiger charge is 2.34. The van der Waals surface area contributed by atoms with Crippen LogP contribution in [0.15, 0.2) is 18.2 Å². The molecule has 2 heterocycles. The smallest absolute Gasteiger partial charge is 0.282 e. The number of methoxy groups -OCH3 is 2. The van der Waals surface area contributed by atoms with Gasteiger partial charge in [0, 0.05) is 58.8 Å². The van der Waals surface area contributed by atoms with Crippen LogP contribution in [0.25, 0.3) is 0 Å². The number of hydrogen-bond acceptors (Lipinski definition) is 6. The van der Waals surface area contributed by atoms with Crippen molar-refractivity contribution in [2.45, 2.75) is 12.8 Å². The number of aryl methyl sites for hydroxylation is 1. The molecule has 2 aliphatic rings. The summed E-state index contributed by atoms with van der Waals surface area (Å²) in [6, 6.07) is 5.64. The van der Waals surface area contributed by atoms with Gasteiger partial charge in [0.1, 0.15) is 0 Å². The van der Waals surface area contributed by atoms with E-state index in [2.05, 4.69) is 4.90 Å². The highest BCUT2D eigenvalue weighted by atomic mass is 32.2. The van der Waals surface area contributed by atoms with Gasteiger partial charge in [-0.2, -0.15) is 17.0 Å². The van der Waals surface area contributed by atoms with Gasteiger partial charge in [-0.05, 0) is 31.2 Å². The molecule has 0 saturated carbocycles. The minimum atomic E-state index is -3.45. The average Bonchev–Trinajstić information content (AvgIpc) is 2.77. The molecule has 0 atom stereocenters. The largest absolute Gasteiger partial charge is 0.493 e. The summed E-state index contributed by atoms with van der Waals surface area (Å²) in [5.41, 5.74) is 0.997. The normalized spacial score (nSPS) is 19.6. The molecule has 0 bridgehead atoms. The molecule has 2 saturated heterocycles. The zero-order valence-corrected chi connectivity index (χ0v) is 18.9. The molecule has 0 aliphatic carbocycles. The number of carbonyl (C=O) groups is 1. The van der Waals surface area contributed by atoms with Crippen molar-refractivity contribution in [3.05, 3.63) is 23.8 Å². The van der Waals surface area contributed by atoms with Crippen LogP contribution in [0.4, 0.5) is 0 Å². The van der Waals surface area contributed by atoms with E-state index >= 15 is 0 Å². The van der Waals surface area contributed by atoms with Crippen molar-refractivity contribution >= 4 is 16.1 Å². The number of piperazine rings is 2. The van der Waals surface area contributed by atoms with E-state index in [9.17, 15) is 13.2 Å². The summed E-state index contributed by atoms with van der Waals surface area (Å²) in [4.78, 5) is 16.5. The van der Waals surface area contributed by atoms with Crippen LogP contribution in [-0.2, 0) is 21.4 Å². The Kier molecular flexibility index (Phi) is 7.56. The van der Waals surface area contributed by atoms with Crippen LogP contribution in [0.2, 0.25) is 0 Å². The van der Waals surface area contributed by atoms with Crippen molar-refractivity contribution in [3.8, 4) is 11.5 Å². The average molecular weight is 441 g/mol. The first kappa shape index (κ1) is 22.8. The molecule has 0 aromatic heterocycles. The van der Waals surface area contributed by atoms with E-state index in [1.54, 1.807) is 23.4 Å². The van der Waals surface area contributed by atoms with E-state index in [4.69, 9.17) is 9.47 Å². The molecule has 0 spiro atoms. The van der Waals surface area contributed by atoms with Crippen LogP contribution in [-0.4, -0.2) is 106 Å². The summed E-state index contributed by atoms with van der Waals surface area (Å²) < 4.78 is 39.3. The minimum absolute atomic E-state index is 0.0430. The molecule has 168 valence electrons. The van der Waals surface area contributed by atoms with Crippen molar-refractivity contribution < 1.29 is 22.7 Å². The fraction of sp³-hybridized carbons (Fsp3) is 0.650. The Morgan fingerprint density at radius 3 is 2.03 bits per heavy atom. The third kappa shape index (κ3) is 5.23. The first-order valence-corrected chi connectivity index (χ1v) is 11.7. The first-order chi connectivity index (χ1) is 14.3. The van der Waals surface area contributed by atoms with Gasteiger partial charge >= 0.3 is 0 Å². The molecule has 0 unspecified atom stereocenters. The second-order valence-corrected chi connectivity index (χ2v) is 9.61. The number of likely N-dealkylation sites (N-methyl/N-ethyl adjacent to an activating group) is 1. The van der Waals surface area contributed by atoms with Crippen LogP contribution >= 0.6 is 0 Å². The molecule has 3 rings (SSSR count).